The van der Waals surface area contributed by atoms with Gasteiger partial charge in [0.2, 0.25) is 0 Å². The molecule has 54 valence electrons. The van der Waals surface area contributed by atoms with E-state index < -0.39 is 0 Å². The predicted molar refractivity (Wildman–Crippen MR) is 36.7 cm³/mol. The van der Waals surface area contributed by atoms with Gasteiger partial charge in [0, 0.05) is 12.4 Å². The molecule has 1 heterocycles. The highest BCUT2D eigenvalue weighted by Crippen LogP contribution is 1.97. The maximum atomic E-state index is 10.7. The zero-order valence-electron chi connectivity index (χ0n) is 5.65. The van der Waals surface area contributed by atoms with Crippen LogP contribution in [0.15, 0.2) is 17.3 Å². The van der Waals surface area contributed by atoms with Gasteiger partial charge in [0.1, 0.15) is 6.67 Å². The summed E-state index contributed by atoms with van der Waals surface area (Å²) in [4.78, 5) is 16.0. The lowest BCUT2D eigenvalue weighted by Gasteiger charge is -2.15. The number of methoxy groups -OCH3 is 1. The molecule has 0 saturated heterocycles. The minimum Gasteiger partial charge on any atom is -0.452 e. The molecule has 0 unspecified atom stereocenters. The minimum atomic E-state index is -0.381. The lowest BCUT2D eigenvalue weighted by Crippen LogP contribution is -2.26. The van der Waals surface area contributed by atoms with Gasteiger partial charge in [0.15, 0.2) is 0 Å². The molecule has 4 heteroatoms. The number of allylic oxidation sites excluding steroid dienone is 1. The van der Waals surface area contributed by atoms with Crippen molar-refractivity contribution in [2.24, 2.45) is 4.99 Å². The first-order valence-electron chi connectivity index (χ1n) is 2.86. The SMILES string of the molecule is COC(=O)N1C=CC=NC1. The van der Waals surface area contributed by atoms with Crippen LogP contribution in [-0.2, 0) is 4.74 Å². The quantitative estimate of drug-likeness (QED) is 0.494. The van der Waals surface area contributed by atoms with E-state index in [1.807, 2.05) is 0 Å². The Balaban J connectivity index is 2.51. The zero-order valence-corrected chi connectivity index (χ0v) is 5.65. The van der Waals surface area contributed by atoms with Gasteiger partial charge in [-0.15, -0.1) is 0 Å². The van der Waals surface area contributed by atoms with E-state index in [0.29, 0.717) is 6.67 Å². The van der Waals surface area contributed by atoms with E-state index >= 15 is 0 Å². The van der Waals surface area contributed by atoms with Crippen LogP contribution in [0.2, 0.25) is 0 Å². The monoisotopic (exact) mass is 140 g/mol. The number of hydrogen-bond acceptors (Lipinski definition) is 3. The molecule has 0 bridgehead atoms. The third kappa shape index (κ3) is 1.34. The average Bonchev–Trinajstić information content (AvgIpc) is 2.05. The topological polar surface area (TPSA) is 41.9 Å². The van der Waals surface area contributed by atoms with Gasteiger partial charge in [-0.25, -0.2) is 4.79 Å². The molecular weight excluding hydrogens is 132 g/mol. The number of hydrogen-bond donors (Lipinski definition) is 0. The van der Waals surface area contributed by atoms with Gasteiger partial charge in [-0.1, -0.05) is 0 Å². The summed E-state index contributed by atoms with van der Waals surface area (Å²) in [5, 5.41) is 0. The van der Waals surface area contributed by atoms with Gasteiger partial charge >= 0.3 is 6.09 Å². The molecule has 1 amide bonds. The summed E-state index contributed by atoms with van der Waals surface area (Å²) in [6.45, 7) is 0.350. The number of ether oxygens (including phenoxy) is 1. The Morgan fingerprint density at radius 2 is 2.60 bits per heavy atom. The molecule has 0 radical (unpaired) electrons. The molecule has 0 saturated carbocycles. The fraction of sp³-hybridized carbons (Fsp3) is 0.333. The summed E-state index contributed by atoms with van der Waals surface area (Å²) in [5.41, 5.74) is 0. The van der Waals surface area contributed by atoms with E-state index in [0.717, 1.165) is 0 Å². The standard InChI is InChI=1S/C6H8N2O2/c1-10-6(9)8-4-2-3-7-5-8/h2-4H,5H2,1H3. The second kappa shape index (κ2) is 3.00. The number of carbonyl (C=O) groups excluding carboxylic acids is 1. The number of aliphatic imine (C=N–C) groups is 1. The minimum absolute atomic E-state index is 0.350. The van der Waals surface area contributed by atoms with Crippen molar-refractivity contribution in [2.75, 3.05) is 13.8 Å². The molecule has 0 atom stereocenters. The smallest absolute Gasteiger partial charge is 0.415 e. The summed E-state index contributed by atoms with van der Waals surface area (Å²) in [5.74, 6) is 0. The van der Waals surface area contributed by atoms with Gasteiger partial charge in [-0.05, 0) is 6.08 Å². The summed E-state index contributed by atoms with van der Waals surface area (Å²) >= 11 is 0. The molecule has 10 heavy (non-hydrogen) atoms. The van der Waals surface area contributed by atoms with Crippen LogP contribution in [0.4, 0.5) is 4.79 Å². The van der Waals surface area contributed by atoms with Crippen LogP contribution in [0.1, 0.15) is 0 Å². The van der Waals surface area contributed by atoms with E-state index in [1.54, 1.807) is 18.5 Å². The Morgan fingerprint density at radius 3 is 3.10 bits per heavy atom. The largest absolute Gasteiger partial charge is 0.452 e. The highest BCUT2D eigenvalue weighted by Gasteiger charge is 2.09. The highest BCUT2D eigenvalue weighted by molar-refractivity contribution is 5.76. The van der Waals surface area contributed by atoms with Crippen molar-refractivity contribution < 1.29 is 9.53 Å². The zero-order chi connectivity index (χ0) is 7.40. The lowest BCUT2D eigenvalue weighted by molar-refractivity contribution is 0.140. The van der Waals surface area contributed by atoms with E-state index in [9.17, 15) is 4.79 Å². The second-order valence-corrected chi connectivity index (χ2v) is 1.75. The molecule has 1 aliphatic rings. The fourth-order valence-electron chi connectivity index (χ4n) is 0.621. The first-order chi connectivity index (χ1) is 4.84. The van der Waals surface area contributed by atoms with Crippen molar-refractivity contribution >= 4 is 12.3 Å². The third-order valence-electron chi connectivity index (χ3n) is 1.10. The summed E-state index contributed by atoms with van der Waals surface area (Å²) in [6.07, 6.45) is 4.56. The Labute approximate surface area is 58.8 Å². The Bertz CT molecular complexity index is 186. The first-order valence-corrected chi connectivity index (χ1v) is 2.86. The van der Waals surface area contributed by atoms with Gasteiger partial charge in [0.05, 0.1) is 7.11 Å². The van der Waals surface area contributed by atoms with Gasteiger partial charge in [-0.2, -0.15) is 0 Å². The van der Waals surface area contributed by atoms with Crippen molar-refractivity contribution in [3.8, 4) is 0 Å². The fourth-order valence-corrected chi connectivity index (χ4v) is 0.621. The molecular formula is C6H8N2O2. The molecule has 4 nitrogen and oxygen atoms in total. The summed E-state index contributed by atoms with van der Waals surface area (Å²) in [6, 6.07) is 0. The van der Waals surface area contributed by atoms with Crippen LogP contribution >= 0.6 is 0 Å². The summed E-state index contributed by atoms with van der Waals surface area (Å²) in [7, 11) is 1.34. The van der Waals surface area contributed by atoms with Crippen molar-refractivity contribution in [1.82, 2.24) is 4.90 Å². The molecule has 0 spiro atoms. The van der Waals surface area contributed by atoms with E-state index in [1.165, 1.54) is 12.0 Å². The van der Waals surface area contributed by atoms with Crippen molar-refractivity contribution in [3.63, 3.8) is 0 Å². The highest BCUT2D eigenvalue weighted by atomic mass is 16.5. The normalized spacial score (nSPS) is 15.5. The van der Waals surface area contributed by atoms with Crippen LogP contribution in [0.25, 0.3) is 0 Å². The molecule has 0 aliphatic carbocycles. The maximum absolute atomic E-state index is 10.7. The van der Waals surface area contributed by atoms with E-state index in [-0.39, 0.29) is 6.09 Å². The molecule has 0 aromatic heterocycles. The molecule has 1 rings (SSSR count). The average molecular weight is 140 g/mol. The summed E-state index contributed by atoms with van der Waals surface area (Å²) < 4.78 is 4.45. The van der Waals surface area contributed by atoms with Gasteiger partial charge in [-0.3, -0.25) is 9.89 Å². The third-order valence-corrected chi connectivity index (χ3v) is 1.10. The van der Waals surface area contributed by atoms with Crippen LogP contribution in [-0.4, -0.2) is 31.0 Å². The number of amides is 1. The second-order valence-electron chi connectivity index (χ2n) is 1.75. The maximum Gasteiger partial charge on any atom is 0.415 e. The lowest BCUT2D eigenvalue weighted by atomic mass is 10.5. The molecule has 0 N–H and O–H groups in total. The Hall–Kier alpha value is -1.32. The van der Waals surface area contributed by atoms with Crippen LogP contribution in [0.5, 0.6) is 0 Å². The molecule has 0 aromatic rings. The Morgan fingerprint density at radius 1 is 1.80 bits per heavy atom. The van der Waals surface area contributed by atoms with Crippen LogP contribution in [0.3, 0.4) is 0 Å². The van der Waals surface area contributed by atoms with E-state index in [2.05, 4.69) is 9.73 Å². The number of rotatable bonds is 0. The molecule has 0 aromatic carbocycles. The predicted octanol–water partition coefficient (Wildman–Crippen LogP) is 0.610. The van der Waals surface area contributed by atoms with Gasteiger partial charge in [0.25, 0.3) is 0 Å². The van der Waals surface area contributed by atoms with Crippen LogP contribution in [0, 0.1) is 0 Å². The van der Waals surface area contributed by atoms with Crippen molar-refractivity contribution in [2.45, 2.75) is 0 Å². The number of carbonyl (C=O) groups is 1. The Kier molecular flexibility index (Phi) is 2.04. The van der Waals surface area contributed by atoms with Crippen LogP contribution < -0.4 is 0 Å². The molecule has 1 aliphatic heterocycles. The van der Waals surface area contributed by atoms with Gasteiger partial charge < -0.3 is 4.74 Å². The molecule has 0 fully saturated rings. The van der Waals surface area contributed by atoms with Crippen molar-refractivity contribution in [1.29, 1.82) is 0 Å². The van der Waals surface area contributed by atoms with Crippen molar-refractivity contribution in [3.05, 3.63) is 12.3 Å². The first kappa shape index (κ1) is 6.80. The van der Waals surface area contributed by atoms with E-state index in [4.69, 9.17) is 0 Å². The number of nitrogens with zero attached hydrogens (tertiary/aromatic N) is 2.